The standard InChI is InChI=1S/C13H27NO6/c1-3-16-7-8-18-11-12-19-10-9-17-6-5-14-13(15)20-4-2/h3-12H2,1-2H3,(H,14,15). The summed E-state index contributed by atoms with van der Waals surface area (Å²) in [5.41, 5.74) is 0. The van der Waals surface area contributed by atoms with E-state index in [1.54, 1.807) is 6.92 Å². The molecule has 0 unspecified atom stereocenters. The van der Waals surface area contributed by atoms with Gasteiger partial charge in [0.05, 0.1) is 52.9 Å². The van der Waals surface area contributed by atoms with Gasteiger partial charge >= 0.3 is 6.09 Å². The van der Waals surface area contributed by atoms with Gasteiger partial charge in [0.1, 0.15) is 0 Å². The summed E-state index contributed by atoms with van der Waals surface area (Å²) in [6, 6.07) is 0. The Morgan fingerprint density at radius 3 is 1.75 bits per heavy atom. The monoisotopic (exact) mass is 293 g/mol. The van der Waals surface area contributed by atoms with Gasteiger partial charge in [0.15, 0.2) is 0 Å². The van der Waals surface area contributed by atoms with Crippen molar-refractivity contribution in [1.82, 2.24) is 5.32 Å². The molecule has 0 bridgehead atoms. The fourth-order valence-corrected chi connectivity index (χ4v) is 1.21. The molecule has 120 valence electrons. The molecule has 0 aliphatic carbocycles. The molecular formula is C13H27NO6. The second kappa shape index (κ2) is 16.2. The molecule has 0 aliphatic heterocycles. The lowest BCUT2D eigenvalue weighted by atomic mass is 10.6. The van der Waals surface area contributed by atoms with E-state index >= 15 is 0 Å². The highest BCUT2D eigenvalue weighted by Crippen LogP contribution is 1.83. The molecule has 0 atom stereocenters. The zero-order valence-corrected chi connectivity index (χ0v) is 12.5. The second-order valence-electron chi connectivity index (χ2n) is 3.68. The smallest absolute Gasteiger partial charge is 0.407 e. The summed E-state index contributed by atoms with van der Waals surface area (Å²) in [6.07, 6.45) is -0.420. The summed E-state index contributed by atoms with van der Waals surface area (Å²) in [6.45, 7) is 8.95. The van der Waals surface area contributed by atoms with E-state index in [9.17, 15) is 4.79 Å². The van der Waals surface area contributed by atoms with Gasteiger partial charge in [0.2, 0.25) is 0 Å². The molecule has 0 aliphatic rings. The normalized spacial score (nSPS) is 10.5. The Labute approximate surface area is 120 Å². The Morgan fingerprint density at radius 1 is 0.750 bits per heavy atom. The number of hydrogen-bond acceptors (Lipinski definition) is 6. The van der Waals surface area contributed by atoms with Gasteiger partial charge in [-0.05, 0) is 13.8 Å². The van der Waals surface area contributed by atoms with Gasteiger partial charge < -0.3 is 29.0 Å². The molecule has 0 spiro atoms. The van der Waals surface area contributed by atoms with Crippen LogP contribution in [0.25, 0.3) is 0 Å². The van der Waals surface area contributed by atoms with Crippen LogP contribution in [-0.4, -0.2) is 72.1 Å². The van der Waals surface area contributed by atoms with Crippen molar-refractivity contribution in [2.24, 2.45) is 0 Å². The Hall–Kier alpha value is -0.890. The van der Waals surface area contributed by atoms with E-state index in [1.807, 2.05) is 6.92 Å². The Morgan fingerprint density at radius 2 is 1.25 bits per heavy atom. The number of nitrogens with one attached hydrogen (secondary N) is 1. The number of carbonyl (C=O) groups excluding carboxylic acids is 1. The highest BCUT2D eigenvalue weighted by molar-refractivity contribution is 5.66. The molecule has 0 aromatic carbocycles. The van der Waals surface area contributed by atoms with Crippen LogP contribution in [0.15, 0.2) is 0 Å². The molecule has 0 saturated heterocycles. The van der Waals surface area contributed by atoms with Crippen LogP contribution in [0, 0.1) is 0 Å². The lowest BCUT2D eigenvalue weighted by Gasteiger charge is -2.07. The third-order valence-corrected chi connectivity index (χ3v) is 2.11. The van der Waals surface area contributed by atoms with Crippen molar-refractivity contribution in [2.45, 2.75) is 13.8 Å². The first-order valence-corrected chi connectivity index (χ1v) is 7.02. The average Bonchev–Trinajstić information content (AvgIpc) is 2.44. The third kappa shape index (κ3) is 15.2. The number of ether oxygens (including phenoxy) is 5. The fourth-order valence-electron chi connectivity index (χ4n) is 1.21. The number of hydrogen-bond donors (Lipinski definition) is 1. The SMILES string of the molecule is CCOCCOCCOCCOCCNC(=O)OCC. The quantitative estimate of drug-likeness (QED) is 0.478. The van der Waals surface area contributed by atoms with Crippen molar-refractivity contribution in [3.63, 3.8) is 0 Å². The number of rotatable bonds is 14. The van der Waals surface area contributed by atoms with Crippen molar-refractivity contribution >= 4 is 6.09 Å². The highest BCUT2D eigenvalue weighted by atomic mass is 16.6. The van der Waals surface area contributed by atoms with Gasteiger partial charge in [-0.15, -0.1) is 0 Å². The molecule has 0 saturated carbocycles. The average molecular weight is 293 g/mol. The molecule has 0 aromatic rings. The number of alkyl carbamates (subject to hydrolysis) is 1. The van der Waals surface area contributed by atoms with Gasteiger partial charge in [0, 0.05) is 13.2 Å². The van der Waals surface area contributed by atoms with Gasteiger partial charge in [-0.2, -0.15) is 0 Å². The van der Waals surface area contributed by atoms with E-state index < -0.39 is 6.09 Å². The Balaban J connectivity index is 3.01. The summed E-state index contributed by atoms with van der Waals surface area (Å²) in [7, 11) is 0. The molecule has 0 aromatic heterocycles. The first-order chi connectivity index (χ1) is 9.81. The zero-order chi connectivity index (χ0) is 14.9. The summed E-state index contributed by atoms with van der Waals surface area (Å²) >= 11 is 0. The van der Waals surface area contributed by atoms with E-state index in [-0.39, 0.29) is 0 Å². The molecule has 7 heteroatoms. The molecule has 7 nitrogen and oxygen atoms in total. The van der Waals surface area contributed by atoms with Gasteiger partial charge in [-0.25, -0.2) is 4.79 Å². The highest BCUT2D eigenvalue weighted by Gasteiger charge is 1.98. The van der Waals surface area contributed by atoms with Crippen molar-refractivity contribution in [2.75, 3.05) is 66.0 Å². The molecule has 0 rings (SSSR count). The molecule has 0 radical (unpaired) electrons. The summed E-state index contributed by atoms with van der Waals surface area (Å²) in [4.78, 5) is 10.9. The van der Waals surface area contributed by atoms with Crippen molar-refractivity contribution in [3.8, 4) is 0 Å². The second-order valence-corrected chi connectivity index (χ2v) is 3.68. The van der Waals surface area contributed by atoms with E-state index in [2.05, 4.69) is 5.32 Å². The van der Waals surface area contributed by atoms with E-state index in [4.69, 9.17) is 23.7 Å². The van der Waals surface area contributed by atoms with Crippen LogP contribution in [0.1, 0.15) is 13.8 Å². The Kier molecular flexibility index (Phi) is 15.4. The molecular weight excluding hydrogens is 266 g/mol. The predicted octanol–water partition coefficient (Wildman–Crippen LogP) is 0.819. The van der Waals surface area contributed by atoms with Crippen molar-refractivity contribution < 1.29 is 28.5 Å². The predicted molar refractivity (Wildman–Crippen MR) is 74.0 cm³/mol. The topological polar surface area (TPSA) is 75.3 Å². The summed E-state index contributed by atoms with van der Waals surface area (Å²) < 4.78 is 25.7. The molecule has 0 fully saturated rings. The van der Waals surface area contributed by atoms with Crippen LogP contribution >= 0.6 is 0 Å². The zero-order valence-electron chi connectivity index (χ0n) is 12.5. The molecule has 0 heterocycles. The minimum Gasteiger partial charge on any atom is -0.450 e. The van der Waals surface area contributed by atoms with E-state index in [0.717, 1.165) is 0 Å². The Bertz CT molecular complexity index is 215. The summed E-state index contributed by atoms with van der Waals surface area (Å²) in [5, 5.41) is 2.56. The van der Waals surface area contributed by atoms with Crippen LogP contribution in [-0.2, 0) is 23.7 Å². The van der Waals surface area contributed by atoms with E-state index in [1.165, 1.54) is 0 Å². The van der Waals surface area contributed by atoms with E-state index in [0.29, 0.717) is 66.0 Å². The fraction of sp³-hybridized carbons (Fsp3) is 0.923. The molecule has 1 amide bonds. The number of carbonyl (C=O) groups is 1. The summed E-state index contributed by atoms with van der Waals surface area (Å²) in [5.74, 6) is 0. The van der Waals surface area contributed by atoms with Gasteiger partial charge in [-0.1, -0.05) is 0 Å². The minimum atomic E-state index is -0.420. The lowest BCUT2D eigenvalue weighted by molar-refractivity contribution is -0.000103. The maximum absolute atomic E-state index is 10.9. The number of amides is 1. The first-order valence-electron chi connectivity index (χ1n) is 7.02. The molecule has 1 N–H and O–H groups in total. The van der Waals surface area contributed by atoms with Crippen LogP contribution in [0.4, 0.5) is 4.79 Å². The molecule has 20 heavy (non-hydrogen) atoms. The maximum atomic E-state index is 10.9. The largest absolute Gasteiger partial charge is 0.450 e. The lowest BCUT2D eigenvalue weighted by Crippen LogP contribution is -2.28. The third-order valence-electron chi connectivity index (χ3n) is 2.11. The van der Waals surface area contributed by atoms with Crippen LogP contribution in [0.5, 0.6) is 0 Å². The maximum Gasteiger partial charge on any atom is 0.407 e. The van der Waals surface area contributed by atoms with Crippen molar-refractivity contribution in [3.05, 3.63) is 0 Å². The minimum absolute atomic E-state index is 0.368. The van der Waals surface area contributed by atoms with Crippen LogP contribution < -0.4 is 5.32 Å². The van der Waals surface area contributed by atoms with Gasteiger partial charge in [0.25, 0.3) is 0 Å². The first kappa shape index (κ1) is 19.1. The van der Waals surface area contributed by atoms with Gasteiger partial charge in [-0.3, -0.25) is 0 Å². The van der Waals surface area contributed by atoms with Crippen LogP contribution in [0.3, 0.4) is 0 Å². The van der Waals surface area contributed by atoms with Crippen molar-refractivity contribution in [1.29, 1.82) is 0 Å². The van der Waals surface area contributed by atoms with Crippen LogP contribution in [0.2, 0.25) is 0 Å².